The molecule has 0 aliphatic rings. The van der Waals surface area contributed by atoms with Gasteiger partial charge in [-0.3, -0.25) is 0 Å². The molecule has 0 aromatic carbocycles. The summed E-state index contributed by atoms with van der Waals surface area (Å²) in [5.41, 5.74) is 0. The van der Waals surface area contributed by atoms with Crippen LogP contribution in [0.2, 0.25) is 13.3 Å². The first kappa shape index (κ1) is 18.1. The van der Waals surface area contributed by atoms with Gasteiger partial charge in [-0.2, -0.15) is 0 Å². The Morgan fingerprint density at radius 1 is 0.824 bits per heavy atom. The van der Waals surface area contributed by atoms with Gasteiger partial charge in [-0.05, 0) is 0 Å². The molecule has 0 amide bonds. The molecule has 0 aliphatic carbocycles. The van der Waals surface area contributed by atoms with Gasteiger partial charge in [0, 0.05) is 0 Å². The SMILES string of the molecule is CCC[CH2][Sn]([CH2]CCC)([CH2]CCC)[O]P(O)O. The molecular formula is C12H29O3PSn. The van der Waals surface area contributed by atoms with E-state index in [0.29, 0.717) is 0 Å². The maximum absolute atomic E-state index is 9.24. The van der Waals surface area contributed by atoms with Crippen LogP contribution in [0.5, 0.6) is 0 Å². The van der Waals surface area contributed by atoms with E-state index in [9.17, 15) is 9.79 Å². The van der Waals surface area contributed by atoms with Gasteiger partial charge in [0.1, 0.15) is 0 Å². The topological polar surface area (TPSA) is 49.7 Å². The summed E-state index contributed by atoms with van der Waals surface area (Å²) in [6, 6.07) is 0. The zero-order chi connectivity index (χ0) is 13.1. The standard InChI is InChI=1S/3C4H9.H2O3P.Sn/c3*1-3-4-2;1-4(2)3;/h3*1,3-4H2,2H3;1-2H;/q;;;-1;+1. The van der Waals surface area contributed by atoms with Gasteiger partial charge >= 0.3 is 113 Å². The zero-order valence-corrected chi connectivity index (χ0v) is 15.4. The Kier molecular flexibility index (Phi) is 11.7. The minimum atomic E-state index is -2.71. The second-order valence-corrected chi connectivity index (χ2v) is 18.1. The van der Waals surface area contributed by atoms with Gasteiger partial charge in [0.05, 0.1) is 0 Å². The van der Waals surface area contributed by atoms with Crippen molar-refractivity contribution in [3.8, 4) is 0 Å². The normalized spacial score (nSPS) is 12.4. The van der Waals surface area contributed by atoms with E-state index in [1.165, 1.54) is 38.5 Å². The van der Waals surface area contributed by atoms with Crippen LogP contribution in [0.4, 0.5) is 0 Å². The van der Waals surface area contributed by atoms with Crippen molar-refractivity contribution in [3.05, 3.63) is 0 Å². The molecule has 0 heterocycles. The van der Waals surface area contributed by atoms with E-state index in [1.807, 2.05) is 0 Å². The quantitative estimate of drug-likeness (QED) is 0.414. The van der Waals surface area contributed by atoms with Gasteiger partial charge in [-0.25, -0.2) is 0 Å². The summed E-state index contributed by atoms with van der Waals surface area (Å²) in [5, 5.41) is 0. The number of rotatable bonds is 11. The molecule has 3 nitrogen and oxygen atoms in total. The third-order valence-corrected chi connectivity index (χ3v) is 19.3. The van der Waals surface area contributed by atoms with E-state index in [4.69, 9.17) is 2.86 Å². The predicted octanol–water partition coefficient (Wildman–Crippen LogP) is 4.56. The van der Waals surface area contributed by atoms with Crippen molar-refractivity contribution in [1.29, 1.82) is 0 Å². The minimum absolute atomic E-state index is 1.16. The third kappa shape index (κ3) is 8.76. The predicted molar refractivity (Wildman–Crippen MR) is 77.3 cm³/mol. The molecule has 0 saturated carbocycles. The first-order chi connectivity index (χ1) is 8.10. The summed E-state index contributed by atoms with van der Waals surface area (Å²) in [6.45, 7) is 6.57. The van der Waals surface area contributed by atoms with Gasteiger partial charge in [0.25, 0.3) is 0 Å². The summed E-state index contributed by atoms with van der Waals surface area (Å²) >= 11 is -2.71. The van der Waals surface area contributed by atoms with E-state index in [0.717, 1.165) is 13.3 Å². The summed E-state index contributed by atoms with van der Waals surface area (Å²) in [5.74, 6) is 0. The van der Waals surface area contributed by atoms with Gasteiger partial charge < -0.3 is 0 Å². The molecular weight excluding hydrogens is 342 g/mol. The molecule has 0 spiro atoms. The van der Waals surface area contributed by atoms with Crippen LogP contribution < -0.4 is 0 Å². The number of hydrogen-bond acceptors (Lipinski definition) is 3. The van der Waals surface area contributed by atoms with Crippen LogP contribution in [-0.4, -0.2) is 28.6 Å². The van der Waals surface area contributed by atoms with E-state index in [-0.39, 0.29) is 0 Å². The van der Waals surface area contributed by atoms with Crippen LogP contribution in [0, 0.1) is 0 Å². The summed E-state index contributed by atoms with van der Waals surface area (Å²) < 4.78 is 9.20. The third-order valence-electron chi connectivity index (χ3n) is 3.23. The Balaban J connectivity index is 4.51. The Hall–Kier alpha value is 1.11. The molecule has 0 fully saturated rings. The first-order valence-electron chi connectivity index (χ1n) is 6.97. The molecule has 0 bridgehead atoms. The number of unbranched alkanes of at least 4 members (excludes halogenated alkanes) is 3. The molecule has 2 N–H and O–H groups in total. The van der Waals surface area contributed by atoms with E-state index < -0.39 is 27.4 Å². The van der Waals surface area contributed by atoms with Crippen molar-refractivity contribution in [2.45, 2.75) is 72.6 Å². The fourth-order valence-electron chi connectivity index (χ4n) is 2.18. The molecule has 0 radical (unpaired) electrons. The van der Waals surface area contributed by atoms with Crippen LogP contribution >= 0.6 is 8.60 Å². The maximum atomic E-state index is 9.24. The van der Waals surface area contributed by atoms with Gasteiger partial charge in [0.15, 0.2) is 0 Å². The van der Waals surface area contributed by atoms with Gasteiger partial charge in [-0.15, -0.1) is 0 Å². The van der Waals surface area contributed by atoms with Crippen LogP contribution in [0.3, 0.4) is 0 Å². The molecule has 0 saturated heterocycles. The molecule has 0 rings (SSSR count). The van der Waals surface area contributed by atoms with E-state index >= 15 is 0 Å². The summed E-state index contributed by atoms with van der Waals surface area (Å²) in [4.78, 5) is 18.5. The van der Waals surface area contributed by atoms with Crippen LogP contribution in [-0.2, 0) is 2.86 Å². The van der Waals surface area contributed by atoms with Crippen molar-refractivity contribution in [2.75, 3.05) is 0 Å². The van der Waals surface area contributed by atoms with Crippen LogP contribution in [0.15, 0.2) is 0 Å². The van der Waals surface area contributed by atoms with Crippen molar-refractivity contribution >= 4 is 27.4 Å². The monoisotopic (exact) mass is 372 g/mol. The fraction of sp³-hybridized carbons (Fsp3) is 1.00. The molecule has 0 atom stereocenters. The molecule has 0 aromatic rings. The zero-order valence-electron chi connectivity index (χ0n) is 11.6. The van der Waals surface area contributed by atoms with Crippen LogP contribution in [0.1, 0.15) is 59.3 Å². The second kappa shape index (κ2) is 11.0. The van der Waals surface area contributed by atoms with Crippen molar-refractivity contribution in [1.82, 2.24) is 0 Å². The average Bonchev–Trinajstić information content (AvgIpc) is 2.30. The fourth-order valence-corrected chi connectivity index (χ4v) is 18.8. The van der Waals surface area contributed by atoms with Crippen molar-refractivity contribution in [3.63, 3.8) is 0 Å². The molecule has 0 unspecified atom stereocenters. The van der Waals surface area contributed by atoms with Gasteiger partial charge in [0.2, 0.25) is 0 Å². The molecule has 17 heavy (non-hydrogen) atoms. The Morgan fingerprint density at radius 2 is 1.18 bits per heavy atom. The Morgan fingerprint density at radius 3 is 1.41 bits per heavy atom. The molecule has 0 aromatic heterocycles. The van der Waals surface area contributed by atoms with E-state index in [2.05, 4.69) is 20.8 Å². The molecule has 5 heteroatoms. The summed E-state index contributed by atoms with van der Waals surface area (Å²) in [7, 11) is -2.14. The van der Waals surface area contributed by atoms with Crippen molar-refractivity contribution < 1.29 is 12.6 Å². The Labute approximate surface area is 112 Å². The van der Waals surface area contributed by atoms with Gasteiger partial charge in [-0.1, -0.05) is 0 Å². The second-order valence-electron chi connectivity index (χ2n) is 4.84. The molecule has 104 valence electrons. The van der Waals surface area contributed by atoms with Crippen molar-refractivity contribution in [2.24, 2.45) is 0 Å². The van der Waals surface area contributed by atoms with Crippen LogP contribution in [0.25, 0.3) is 0 Å². The van der Waals surface area contributed by atoms with E-state index in [1.54, 1.807) is 0 Å². The summed E-state index contributed by atoms with van der Waals surface area (Å²) in [6.07, 6.45) is 7.09. The molecule has 0 aliphatic heterocycles. The number of hydrogen-bond donors (Lipinski definition) is 2. The Bertz CT molecular complexity index is 157. The average molecular weight is 371 g/mol. The first-order valence-corrected chi connectivity index (χ1v) is 15.4.